The summed E-state index contributed by atoms with van der Waals surface area (Å²) < 4.78 is 1.48. The van der Waals surface area contributed by atoms with Crippen molar-refractivity contribution in [3.05, 3.63) is 42.7 Å². The van der Waals surface area contributed by atoms with Gasteiger partial charge in [-0.25, -0.2) is 0 Å². The van der Waals surface area contributed by atoms with Gasteiger partial charge in [-0.15, -0.1) is 0 Å². The Kier molecular flexibility index (Phi) is 8.37. The van der Waals surface area contributed by atoms with Gasteiger partial charge in [0.15, 0.2) is 0 Å². The number of hydrogen-bond donors (Lipinski definition) is 2. The van der Waals surface area contributed by atoms with Crippen LogP contribution in [-0.2, 0) is 20.9 Å². The van der Waals surface area contributed by atoms with Crippen molar-refractivity contribution in [2.75, 3.05) is 16.8 Å². The number of anilines is 2. The first kappa shape index (κ1) is 23.0. The van der Waals surface area contributed by atoms with Gasteiger partial charge in [0, 0.05) is 37.3 Å². The van der Waals surface area contributed by atoms with Gasteiger partial charge < -0.3 is 15.5 Å². The zero-order valence-electron chi connectivity index (χ0n) is 18.0. The van der Waals surface area contributed by atoms with Gasteiger partial charge in [-0.3, -0.25) is 19.1 Å². The van der Waals surface area contributed by atoms with Crippen molar-refractivity contribution in [1.82, 2.24) is 15.1 Å². The molecule has 1 fully saturated rings. The molecule has 1 aliphatic rings. The average Bonchev–Trinajstić information content (AvgIpc) is 3.45. The molecule has 32 heavy (non-hydrogen) atoms. The third kappa shape index (κ3) is 6.94. The maximum atomic E-state index is 12.6. The quantitative estimate of drug-likeness (QED) is 0.593. The second-order valence-electron chi connectivity index (χ2n) is 7.81. The standard InChI is InChI=1S/C23H28N6O3/c24-13-6-14-29(20-9-2-1-3-10-20)23(32)12-11-21(30)27-19-15-25-28(16-19)17-22(31)26-18-7-4-5-8-18/h1-3,9-10,15-16,18H,4-8,11-12,14,17H2,(H,26,31)(H,27,30). The number of amides is 3. The lowest BCUT2D eigenvalue weighted by atomic mass is 10.2. The Hall–Kier alpha value is -3.67. The third-order valence-electron chi connectivity index (χ3n) is 5.32. The minimum Gasteiger partial charge on any atom is -0.352 e. The molecule has 0 atom stereocenters. The minimum atomic E-state index is -0.318. The fraction of sp³-hybridized carbons (Fsp3) is 0.435. The molecule has 168 valence electrons. The molecule has 1 aliphatic carbocycles. The number of aromatic nitrogens is 2. The van der Waals surface area contributed by atoms with Crippen LogP contribution in [0.1, 0.15) is 44.9 Å². The van der Waals surface area contributed by atoms with E-state index in [1.165, 1.54) is 15.8 Å². The first-order valence-corrected chi connectivity index (χ1v) is 10.9. The van der Waals surface area contributed by atoms with E-state index in [0.29, 0.717) is 11.4 Å². The number of para-hydroxylation sites is 1. The SMILES string of the molecule is N#CCCN(C(=O)CCC(=O)Nc1cnn(CC(=O)NC2CCCC2)c1)c1ccccc1. The molecule has 2 N–H and O–H groups in total. The maximum Gasteiger partial charge on any atom is 0.241 e. The molecule has 0 aliphatic heterocycles. The predicted molar refractivity (Wildman–Crippen MR) is 120 cm³/mol. The van der Waals surface area contributed by atoms with Crippen molar-refractivity contribution >= 4 is 29.1 Å². The van der Waals surface area contributed by atoms with Crippen LogP contribution < -0.4 is 15.5 Å². The highest BCUT2D eigenvalue weighted by atomic mass is 16.2. The number of rotatable bonds is 10. The Morgan fingerprint density at radius 2 is 1.88 bits per heavy atom. The molecular formula is C23H28N6O3. The van der Waals surface area contributed by atoms with Crippen LogP contribution in [0.2, 0.25) is 0 Å². The lowest BCUT2D eigenvalue weighted by Crippen LogP contribution is -2.35. The molecule has 9 nitrogen and oxygen atoms in total. The first-order valence-electron chi connectivity index (χ1n) is 10.9. The molecule has 1 saturated carbocycles. The van der Waals surface area contributed by atoms with Crippen molar-refractivity contribution in [2.45, 2.75) is 57.5 Å². The van der Waals surface area contributed by atoms with E-state index in [2.05, 4.69) is 15.7 Å². The number of benzene rings is 1. The maximum absolute atomic E-state index is 12.6. The van der Waals surface area contributed by atoms with E-state index in [0.717, 1.165) is 25.7 Å². The van der Waals surface area contributed by atoms with Crippen LogP contribution in [0.25, 0.3) is 0 Å². The number of nitrogens with zero attached hydrogens (tertiary/aromatic N) is 4. The summed E-state index contributed by atoms with van der Waals surface area (Å²) in [7, 11) is 0. The Bertz CT molecular complexity index is 960. The lowest BCUT2D eigenvalue weighted by Gasteiger charge is -2.21. The first-order chi connectivity index (χ1) is 15.5. The molecule has 0 saturated heterocycles. The highest BCUT2D eigenvalue weighted by Crippen LogP contribution is 2.18. The largest absolute Gasteiger partial charge is 0.352 e. The molecule has 3 rings (SSSR count). The van der Waals surface area contributed by atoms with Gasteiger partial charge in [0.05, 0.1) is 24.4 Å². The minimum absolute atomic E-state index is 0.00205. The molecule has 0 unspecified atom stereocenters. The fourth-order valence-electron chi connectivity index (χ4n) is 3.75. The summed E-state index contributed by atoms with van der Waals surface area (Å²) in [6, 6.07) is 11.4. The monoisotopic (exact) mass is 436 g/mol. The molecule has 0 bridgehead atoms. The fourth-order valence-corrected chi connectivity index (χ4v) is 3.75. The van der Waals surface area contributed by atoms with E-state index in [-0.39, 0.29) is 56.1 Å². The van der Waals surface area contributed by atoms with Gasteiger partial charge in [-0.2, -0.15) is 10.4 Å². The van der Waals surface area contributed by atoms with Gasteiger partial charge >= 0.3 is 0 Å². The number of nitrogens with one attached hydrogen (secondary N) is 2. The van der Waals surface area contributed by atoms with Crippen molar-refractivity contribution in [2.24, 2.45) is 0 Å². The summed E-state index contributed by atoms with van der Waals surface area (Å²) in [4.78, 5) is 38.6. The summed E-state index contributed by atoms with van der Waals surface area (Å²) in [5.74, 6) is -0.635. The number of nitriles is 1. The van der Waals surface area contributed by atoms with Crippen LogP contribution in [0.15, 0.2) is 42.7 Å². The zero-order valence-corrected chi connectivity index (χ0v) is 18.0. The Labute approximate surface area is 187 Å². The second-order valence-corrected chi connectivity index (χ2v) is 7.81. The van der Waals surface area contributed by atoms with E-state index in [1.54, 1.807) is 18.3 Å². The molecule has 3 amide bonds. The molecule has 9 heteroatoms. The average molecular weight is 437 g/mol. The van der Waals surface area contributed by atoms with Gasteiger partial charge in [-0.1, -0.05) is 31.0 Å². The summed E-state index contributed by atoms with van der Waals surface area (Å²) in [5, 5.41) is 18.7. The van der Waals surface area contributed by atoms with E-state index in [9.17, 15) is 14.4 Å². The molecule has 1 aromatic carbocycles. The van der Waals surface area contributed by atoms with Crippen LogP contribution in [-0.4, -0.2) is 40.1 Å². The van der Waals surface area contributed by atoms with Gasteiger partial charge in [0.1, 0.15) is 6.54 Å². The Balaban J connectivity index is 1.46. The number of carbonyl (C=O) groups is 3. The van der Waals surface area contributed by atoms with Crippen molar-refractivity contribution in [1.29, 1.82) is 5.26 Å². The molecule has 0 radical (unpaired) electrons. The highest BCUT2D eigenvalue weighted by molar-refractivity contribution is 5.98. The topological polar surface area (TPSA) is 120 Å². The van der Waals surface area contributed by atoms with Crippen molar-refractivity contribution in [3.8, 4) is 6.07 Å². The highest BCUT2D eigenvalue weighted by Gasteiger charge is 2.18. The smallest absolute Gasteiger partial charge is 0.241 e. The summed E-state index contributed by atoms with van der Waals surface area (Å²) in [6.45, 7) is 0.368. The molecule has 0 spiro atoms. The van der Waals surface area contributed by atoms with Crippen molar-refractivity contribution in [3.63, 3.8) is 0 Å². The normalized spacial score (nSPS) is 13.3. The number of hydrogen-bond acceptors (Lipinski definition) is 5. The second kappa shape index (κ2) is 11.6. The van der Waals surface area contributed by atoms with Crippen LogP contribution in [0.3, 0.4) is 0 Å². The number of carbonyl (C=O) groups excluding carboxylic acids is 3. The molecule has 2 aromatic rings. The lowest BCUT2D eigenvalue weighted by molar-refractivity contribution is -0.122. The Morgan fingerprint density at radius 3 is 2.59 bits per heavy atom. The van der Waals surface area contributed by atoms with Crippen LogP contribution in [0, 0.1) is 11.3 Å². The van der Waals surface area contributed by atoms with E-state index in [4.69, 9.17) is 5.26 Å². The summed E-state index contributed by atoms with van der Waals surface area (Å²) >= 11 is 0. The van der Waals surface area contributed by atoms with Crippen LogP contribution >= 0.6 is 0 Å². The van der Waals surface area contributed by atoms with Crippen molar-refractivity contribution < 1.29 is 14.4 Å². The van der Waals surface area contributed by atoms with E-state index < -0.39 is 0 Å². The van der Waals surface area contributed by atoms with Crippen LogP contribution in [0.4, 0.5) is 11.4 Å². The van der Waals surface area contributed by atoms with Gasteiger partial charge in [0.25, 0.3) is 0 Å². The third-order valence-corrected chi connectivity index (χ3v) is 5.32. The van der Waals surface area contributed by atoms with Gasteiger partial charge in [-0.05, 0) is 25.0 Å². The van der Waals surface area contributed by atoms with E-state index in [1.807, 2.05) is 24.3 Å². The van der Waals surface area contributed by atoms with E-state index >= 15 is 0 Å². The molecule has 1 heterocycles. The van der Waals surface area contributed by atoms with Gasteiger partial charge in [0.2, 0.25) is 17.7 Å². The summed E-state index contributed by atoms with van der Waals surface area (Å²) in [5.41, 5.74) is 1.17. The van der Waals surface area contributed by atoms with Crippen LogP contribution in [0.5, 0.6) is 0 Å². The molecular weight excluding hydrogens is 408 g/mol. The zero-order chi connectivity index (χ0) is 22.8. The Morgan fingerprint density at radius 1 is 1.12 bits per heavy atom. The predicted octanol–water partition coefficient (Wildman–Crippen LogP) is 2.61. The molecule has 1 aromatic heterocycles. The summed E-state index contributed by atoms with van der Waals surface area (Å²) in [6.07, 6.45) is 7.63.